The number of carboxylic acids is 1. The molecule has 0 radical (unpaired) electrons. The van der Waals surface area contributed by atoms with Gasteiger partial charge in [-0.25, -0.2) is 9.59 Å². The first-order chi connectivity index (χ1) is 9.92. The third-order valence-electron chi connectivity index (χ3n) is 2.58. The quantitative estimate of drug-likeness (QED) is 0.757. The van der Waals surface area contributed by atoms with Crippen molar-refractivity contribution in [3.63, 3.8) is 0 Å². The largest absolute Gasteiger partial charge is 0.482 e. The highest BCUT2D eigenvalue weighted by Crippen LogP contribution is 2.17. The van der Waals surface area contributed by atoms with Crippen LogP contribution in [0, 0.1) is 0 Å². The molecule has 0 aliphatic carbocycles. The van der Waals surface area contributed by atoms with Crippen LogP contribution >= 0.6 is 0 Å². The van der Waals surface area contributed by atoms with Crippen molar-refractivity contribution in [2.24, 2.45) is 0 Å². The molecule has 114 valence electrons. The van der Waals surface area contributed by atoms with E-state index in [0.717, 1.165) is 5.57 Å². The number of rotatable bonds is 7. The maximum atomic E-state index is 12.1. The third-order valence-corrected chi connectivity index (χ3v) is 2.58. The van der Waals surface area contributed by atoms with Crippen LogP contribution in [-0.4, -0.2) is 41.7 Å². The minimum atomic E-state index is -1.05. The van der Waals surface area contributed by atoms with Crippen LogP contribution in [0.5, 0.6) is 5.75 Å². The lowest BCUT2D eigenvalue weighted by Crippen LogP contribution is -2.35. The van der Waals surface area contributed by atoms with Gasteiger partial charge in [0, 0.05) is 24.8 Å². The van der Waals surface area contributed by atoms with Crippen molar-refractivity contribution in [2.45, 2.75) is 13.8 Å². The summed E-state index contributed by atoms with van der Waals surface area (Å²) in [5.74, 6) is -0.666. The SMILES string of the molecule is C=C(C)CN(CC)C(=O)Nc1cccc(OCC(=O)O)c1. The highest BCUT2D eigenvalue weighted by atomic mass is 16.5. The Bertz CT molecular complexity index is 528. The summed E-state index contributed by atoms with van der Waals surface area (Å²) in [6, 6.07) is 6.36. The van der Waals surface area contributed by atoms with Crippen LogP contribution in [0.15, 0.2) is 36.4 Å². The maximum Gasteiger partial charge on any atom is 0.341 e. The van der Waals surface area contributed by atoms with E-state index in [4.69, 9.17) is 9.84 Å². The zero-order chi connectivity index (χ0) is 15.8. The summed E-state index contributed by atoms with van der Waals surface area (Å²) in [5, 5.41) is 11.3. The van der Waals surface area contributed by atoms with Gasteiger partial charge in [0.05, 0.1) is 0 Å². The minimum Gasteiger partial charge on any atom is -0.482 e. The lowest BCUT2D eigenvalue weighted by molar-refractivity contribution is -0.139. The first kappa shape index (κ1) is 16.6. The number of benzene rings is 1. The fraction of sp³-hybridized carbons (Fsp3) is 0.333. The Morgan fingerprint density at radius 2 is 2.14 bits per heavy atom. The van der Waals surface area contributed by atoms with Crippen molar-refractivity contribution in [2.75, 3.05) is 25.0 Å². The smallest absolute Gasteiger partial charge is 0.341 e. The molecule has 2 amide bonds. The number of urea groups is 1. The summed E-state index contributed by atoms with van der Waals surface area (Å²) in [6.45, 7) is 8.16. The number of nitrogens with zero attached hydrogens (tertiary/aromatic N) is 1. The molecular weight excluding hydrogens is 272 g/mol. The Labute approximate surface area is 124 Å². The van der Waals surface area contributed by atoms with Crippen LogP contribution in [0.25, 0.3) is 0 Å². The van der Waals surface area contributed by atoms with Gasteiger partial charge in [0.1, 0.15) is 5.75 Å². The van der Waals surface area contributed by atoms with Gasteiger partial charge in [0.15, 0.2) is 6.61 Å². The average Bonchev–Trinajstić information content (AvgIpc) is 2.42. The molecule has 0 saturated heterocycles. The minimum absolute atomic E-state index is 0.240. The number of amides is 2. The molecule has 0 bridgehead atoms. The Hall–Kier alpha value is -2.50. The summed E-state index contributed by atoms with van der Waals surface area (Å²) >= 11 is 0. The zero-order valence-electron chi connectivity index (χ0n) is 12.3. The van der Waals surface area contributed by atoms with E-state index in [1.165, 1.54) is 0 Å². The average molecular weight is 292 g/mol. The fourth-order valence-corrected chi connectivity index (χ4v) is 1.66. The van der Waals surface area contributed by atoms with Gasteiger partial charge in [-0.15, -0.1) is 0 Å². The molecule has 2 N–H and O–H groups in total. The van der Waals surface area contributed by atoms with Gasteiger partial charge in [0.25, 0.3) is 0 Å². The summed E-state index contributed by atoms with van der Waals surface area (Å²) in [6.07, 6.45) is 0. The van der Waals surface area contributed by atoms with E-state index < -0.39 is 12.6 Å². The van der Waals surface area contributed by atoms with Crippen molar-refractivity contribution in [1.29, 1.82) is 0 Å². The normalized spacial score (nSPS) is 9.81. The molecule has 0 saturated carbocycles. The Morgan fingerprint density at radius 1 is 1.43 bits per heavy atom. The highest BCUT2D eigenvalue weighted by Gasteiger charge is 2.12. The molecule has 0 aliphatic rings. The van der Waals surface area contributed by atoms with Crippen molar-refractivity contribution >= 4 is 17.7 Å². The molecule has 0 aliphatic heterocycles. The van der Waals surface area contributed by atoms with Gasteiger partial charge >= 0.3 is 12.0 Å². The molecule has 0 spiro atoms. The number of carbonyl (C=O) groups is 2. The highest BCUT2D eigenvalue weighted by molar-refractivity contribution is 5.89. The Morgan fingerprint density at radius 3 is 2.71 bits per heavy atom. The van der Waals surface area contributed by atoms with Gasteiger partial charge in [-0.3, -0.25) is 0 Å². The number of hydrogen-bond donors (Lipinski definition) is 2. The molecule has 6 heteroatoms. The number of aliphatic carboxylic acids is 1. The van der Waals surface area contributed by atoms with Crippen LogP contribution in [0.3, 0.4) is 0 Å². The number of nitrogens with one attached hydrogen (secondary N) is 1. The third kappa shape index (κ3) is 5.99. The molecule has 0 heterocycles. The molecule has 0 atom stereocenters. The monoisotopic (exact) mass is 292 g/mol. The van der Waals surface area contributed by atoms with E-state index in [0.29, 0.717) is 24.5 Å². The second-order valence-electron chi connectivity index (χ2n) is 4.61. The van der Waals surface area contributed by atoms with Crippen molar-refractivity contribution in [1.82, 2.24) is 4.90 Å². The molecule has 0 aromatic heterocycles. The second kappa shape index (κ2) is 7.94. The first-order valence-corrected chi connectivity index (χ1v) is 6.57. The van der Waals surface area contributed by atoms with Gasteiger partial charge in [-0.05, 0) is 26.0 Å². The maximum absolute atomic E-state index is 12.1. The molecule has 0 fully saturated rings. The molecule has 0 unspecified atom stereocenters. The Kier molecular flexibility index (Phi) is 6.26. The van der Waals surface area contributed by atoms with Crippen LogP contribution in [0.4, 0.5) is 10.5 Å². The molecule has 1 rings (SSSR count). The number of hydrogen-bond acceptors (Lipinski definition) is 3. The summed E-state index contributed by atoms with van der Waals surface area (Å²) in [5.41, 5.74) is 1.44. The predicted molar refractivity (Wildman–Crippen MR) is 80.7 cm³/mol. The molecule has 1 aromatic rings. The fourth-order valence-electron chi connectivity index (χ4n) is 1.66. The topological polar surface area (TPSA) is 78.9 Å². The summed E-state index contributed by atoms with van der Waals surface area (Å²) < 4.78 is 5.06. The zero-order valence-corrected chi connectivity index (χ0v) is 12.3. The van der Waals surface area contributed by atoms with Crippen LogP contribution < -0.4 is 10.1 Å². The molecule has 21 heavy (non-hydrogen) atoms. The van der Waals surface area contributed by atoms with E-state index in [1.54, 1.807) is 29.2 Å². The number of ether oxygens (including phenoxy) is 1. The van der Waals surface area contributed by atoms with E-state index in [-0.39, 0.29) is 6.03 Å². The number of carboxylic acid groups (broad SMARTS) is 1. The van der Waals surface area contributed by atoms with E-state index in [9.17, 15) is 9.59 Å². The molecular formula is C15H20N2O4. The van der Waals surface area contributed by atoms with Crippen molar-refractivity contribution in [3.05, 3.63) is 36.4 Å². The van der Waals surface area contributed by atoms with Crippen LogP contribution in [0.2, 0.25) is 0 Å². The van der Waals surface area contributed by atoms with E-state index in [2.05, 4.69) is 11.9 Å². The lowest BCUT2D eigenvalue weighted by Gasteiger charge is -2.21. The Balaban J connectivity index is 2.68. The van der Waals surface area contributed by atoms with Crippen LogP contribution in [0.1, 0.15) is 13.8 Å². The number of anilines is 1. The van der Waals surface area contributed by atoms with Crippen molar-refractivity contribution < 1.29 is 19.4 Å². The van der Waals surface area contributed by atoms with Gasteiger partial charge in [0.2, 0.25) is 0 Å². The number of carbonyl (C=O) groups excluding carboxylic acids is 1. The standard InChI is InChI=1S/C15H20N2O4/c1-4-17(9-11(2)3)15(20)16-12-6-5-7-13(8-12)21-10-14(18)19/h5-8H,2,4,9-10H2,1,3H3,(H,16,20)(H,18,19). The lowest BCUT2D eigenvalue weighted by atomic mass is 10.3. The van der Waals surface area contributed by atoms with Crippen molar-refractivity contribution in [3.8, 4) is 5.75 Å². The van der Waals surface area contributed by atoms with Gasteiger partial charge < -0.3 is 20.1 Å². The summed E-state index contributed by atoms with van der Waals surface area (Å²) in [4.78, 5) is 24.2. The number of likely N-dealkylation sites (N-methyl/N-ethyl adjacent to an activating group) is 1. The van der Waals surface area contributed by atoms with Gasteiger partial charge in [-0.2, -0.15) is 0 Å². The molecule has 1 aromatic carbocycles. The first-order valence-electron chi connectivity index (χ1n) is 6.57. The van der Waals surface area contributed by atoms with Crippen LogP contribution in [-0.2, 0) is 4.79 Å². The summed E-state index contributed by atoms with van der Waals surface area (Å²) in [7, 11) is 0. The van der Waals surface area contributed by atoms with E-state index >= 15 is 0 Å². The molecule has 6 nitrogen and oxygen atoms in total. The van der Waals surface area contributed by atoms with E-state index in [1.807, 2.05) is 13.8 Å². The second-order valence-corrected chi connectivity index (χ2v) is 4.61. The van der Waals surface area contributed by atoms with Gasteiger partial charge in [-0.1, -0.05) is 18.2 Å². The predicted octanol–water partition coefficient (Wildman–Crippen LogP) is 2.58.